The standard InChI is InChI=1S/C18H22N4O2S/c1-2-3-4-5-15-21-22-18(25-15)20-17(24)13-8-10-14(11-9-13)19-16(23)12-6-7-12/h8-12H,2-7H2,1H3,(H,19,23)(H,20,22,24). The van der Waals surface area contributed by atoms with Crippen molar-refractivity contribution in [3.05, 3.63) is 34.8 Å². The molecule has 1 aromatic heterocycles. The van der Waals surface area contributed by atoms with Crippen LogP contribution in [0.25, 0.3) is 0 Å². The monoisotopic (exact) mass is 358 g/mol. The Hall–Kier alpha value is -2.28. The highest BCUT2D eigenvalue weighted by Crippen LogP contribution is 2.30. The average Bonchev–Trinajstić information content (AvgIpc) is 3.37. The molecule has 0 unspecified atom stereocenters. The molecule has 0 aliphatic heterocycles. The van der Waals surface area contributed by atoms with Gasteiger partial charge in [0.15, 0.2) is 0 Å². The van der Waals surface area contributed by atoms with Gasteiger partial charge in [-0.05, 0) is 43.5 Å². The van der Waals surface area contributed by atoms with E-state index in [2.05, 4.69) is 27.8 Å². The van der Waals surface area contributed by atoms with Gasteiger partial charge in [0, 0.05) is 23.6 Å². The molecule has 1 fully saturated rings. The van der Waals surface area contributed by atoms with Crippen LogP contribution in [-0.2, 0) is 11.2 Å². The molecule has 2 aromatic rings. The van der Waals surface area contributed by atoms with Crippen molar-refractivity contribution in [2.24, 2.45) is 5.92 Å². The van der Waals surface area contributed by atoms with Crippen LogP contribution in [0.15, 0.2) is 24.3 Å². The highest BCUT2D eigenvalue weighted by atomic mass is 32.1. The second kappa shape index (κ2) is 8.20. The van der Waals surface area contributed by atoms with E-state index < -0.39 is 0 Å². The van der Waals surface area contributed by atoms with Gasteiger partial charge in [0.2, 0.25) is 11.0 Å². The van der Waals surface area contributed by atoms with Crippen molar-refractivity contribution in [1.29, 1.82) is 0 Å². The fraction of sp³-hybridized carbons (Fsp3) is 0.444. The van der Waals surface area contributed by atoms with Crippen molar-refractivity contribution >= 4 is 34.0 Å². The maximum absolute atomic E-state index is 12.3. The highest BCUT2D eigenvalue weighted by Gasteiger charge is 2.29. The predicted octanol–water partition coefficient (Wildman–Crippen LogP) is 3.87. The molecule has 2 amide bonds. The van der Waals surface area contributed by atoms with E-state index in [-0.39, 0.29) is 17.7 Å². The Kier molecular flexibility index (Phi) is 5.75. The zero-order valence-corrected chi connectivity index (χ0v) is 15.1. The number of hydrogen-bond donors (Lipinski definition) is 2. The lowest BCUT2D eigenvalue weighted by Crippen LogP contribution is -2.14. The summed E-state index contributed by atoms with van der Waals surface area (Å²) in [5.74, 6) is -0.00936. The molecular formula is C18H22N4O2S. The smallest absolute Gasteiger partial charge is 0.257 e. The summed E-state index contributed by atoms with van der Waals surface area (Å²) in [5.41, 5.74) is 1.23. The molecule has 1 aliphatic carbocycles. The summed E-state index contributed by atoms with van der Waals surface area (Å²) < 4.78 is 0. The summed E-state index contributed by atoms with van der Waals surface area (Å²) in [4.78, 5) is 24.0. The molecule has 7 heteroatoms. The molecule has 25 heavy (non-hydrogen) atoms. The van der Waals surface area contributed by atoms with Crippen molar-refractivity contribution < 1.29 is 9.59 Å². The van der Waals surface area contributed by atoms with Crippen molar-refractivity contribution in [2.75, 3.05) is 10.6 Å². The SMILES string of the molecule is CCCCCc1nnc(NC(=O)c2ccc(NC(=O)C3CC3)cc2)s1. The van der Waals surface area contributed by atoms with E-state index in [4.69, 9.17) is 0 Å². The summed E-state index contributed by atoms with van der Waals surface area (Å²) in [7, 11) is 0. The molecular weight excluding hydrogens is 336 g/mol. The molecule has 0 bridgehead atoms. The zero-order chi connectivity index (χ0) is 17.6. The molecule has 0 atom stereocenters. The minimum atomic E-state index is -0.226. The number of nitrogens with zero attached hydrogens (tertiary/aromatic N) is 2. The van der Waals surface area contributed by atoms with Gasteiger partial charge < -0.3 is 5.32 Å². The van der Waals surface area contributed by atoms with Crippen LogP contribution in [0.2, 0.25) is 0 Å². The van der Waals surface area contributed by atoms with E-state index in [0.717, 1.165) is 30.7 Å². The van der Waals surface area contributed by atoms with E-state index >= 15 is 0 Å². The first-order valence-electron chi connectivity index (χ1n) is 8.70. The molecule has 0 spiro atoms. The minimum Gasteiger partial charge on any atom is -0.326 e. The molecule has 0 radical (unpaired) electrons. The van der Waals surface area contributed by atoms with Crippen LogP contribution in [0.5, 0.6) is 0 Å². The number of hydrogen-bond acceptors (Lipinski definition) is 5. The van der Waals surface area contributed by atoms with Gasteiger partial charge >= 0.3 is 0 Å². The first kappa shape index (κ1) is 17.5. The van der Waals surface area contributed by atoms with Crippen LogP contribution < -0.4 is 10.6 Å². The molecule has 1 saturated carbocycles. The third kappa shape index (κ3) is 5.09. The number of carbonyl (C=O) groups is 2. The maximum atomic E-state index is 12.3. The third-order valence-corrected chi connectivity index (χ3v) is 4.94. The number of nitrogens with one attached hydrogen (secondary N) is 2. The topological polar surface area (TPSA) is 84.0 Å². The number of anilines is 2. The summed E-state index contributed by atoms with van der Waals surface area (Å²) in [6, 6.07) is 6.87. The fourth-order valence-electron chi connectivity index (χ4n) is 2.40. The van der Waals surface area contributed by atoms with E-state index in [1.165, 1.54) is 24.2 Å². The summed E-state index contributed by atoms with van der Waals surface area (Å²) in [6.45, 7) is 2.16. The minimum absolute atomic E-state index is 0.0571. The number of carbonyl (C=O) groups excluding carboxylic acids is 2. The number of aryl methyl sites for hydroxylation is 1. The summed E-state index contributed by atoms with van der Waals surface area (Å²) >= 11 is 1.42. The van der Waals surface area contributed by atoms with Gasteiger partial charge in [-0.2, -0.15) is 0 Å². The summed E-state index contributed by atoms with van der Waals surface area (Å²) in [5, 5.41) is 15.2. The van der Waals surface area contributed by atoms with Gasteiger partial charge in [-0.25, -0.2) is 0 Å². The van der Waals surface area contributed by atoms with Crippen LogP contribution in [0.1, 0.15) is 54.4 Å². The Morgan fingerprint density at radius 3 is 2.56 bits per heavy atom. The first-order valence-corrected chi connectivity index (χ1v) is 9.52. The van der Waals surface area contributed by atoms with Crippen molar-refractivity contribution in [3.8, 4) is 0 Å². The van der Waals surface area contributed by atoms with Crippen molar-refractivity contribution in [3.63, 3.8) is 0 Å². The third-order valence-electron chi connectivity index (χ3n) is 4.04. The molecule has 3 rings (SSSR count). The van der Waals surface area contributed by atoms with E-state index in [0.29, 0.717) is 16.4 Å². The second-order valence-electron chi connectivity index (χ2n) is 6.25. The van der Waals surface area contributed by atoms with Gasteiger partial charge in [0.25, 0.3) is 5.91 Å². The van der Waals surface area contributed by atoms with Gasteiger partial charge in [0.1, 0.15) is 5.01 Å². The van der Waals surface area contributed by atoms with E-state index in [1.807, 2.05) is 0 Å². The fourth-order valence-corrected chi connectivity index (χ4v) is 3.17. The lowest BCUT2D eigenvalue weighted by atomic mass is 10.2. The molecule has 2 N–H and O–H groups in total. The van der Waals surface area contributed by atoms with Crippen molar-refractivity contribution in [1.82, 2.24) is 10.2 Å². The lowest BCUT2D eigenvalue weighted by molar-refractivity contribution is -0.117. The predicted molar refractivity (Wildman–Crippen MR) is 98.9 cm³/mol. The number of benzene rings is 1. The Morgan fingerprint density at radius 1 is 1.12 bits per heavy atom. The van der Waals surface area contributed by atoms with Gasteiger partial charge in [-0.15, -0.1) is 10.2 Å². The van der Waals surface area contributed by atoms with Gasteiger partial charge in [0.05, 0.1) is 0 Å². The Bertz CT molecular complexity index is 738. The van der Waals surface area contributed by atoms with E-state index in [1.54, 1.807) is 24.3 Å². The highest BCUT2D eigenvalue weighted by molar-refractivity contribution is 7.15. The van der Waals surface area contributed by atoms with Gasteiger partial charge in [-0.1, -0.05) is 31.1 Å². The van der Waals surface area contributed by atoms with Crippen LogP contribution in [0.3, 0.4) is 0 Å². The maximum Gasteiger partial charge on any atom is 0.257 e. The first-order chi connectivity index (χ1) is 12.2. The molecule has 1 heterocycles. The molecule has 1 aliphatic rings. The largest absolute Gasteiger partial charge is 0.326 e. The quantitative estimate of drug-likeness (QED) is 0.702. The van der Waals surface area contributed by atoms with Crippen LogP contribution in [0, 0.1) is 5.92 Å². The molecule has 1 aromatic carbocycles. The number of rotatable bonds is 8. The Balaban J connectivity index is 1.53. The van der Waals surface area contributed by atoms with Crippen LogP contribution >= 0.6 is 11.3 Å². The van der Waals surface area contributed by atoms with Gasteiger partial charge in [-0.3, -0.25) is 14.9 Å². The normalized spacial score (nSPS) is 13.5. The van der Waals surface area contributed by atoms with Crippen molar-refractivity contribution in [2.45, 2.75) is 45.4 Å². The van der Waals surface area contributed by atoms with Crippen LogP contribution in [-0.4, -0.2) is 22.0 Å². The molecule has 0 saturated heterocycles. The Morgan fingerprint density at radius 2 is 1.88 bits per heavy atom. The number of aromatic nitrogens is 2. The molecule has 132 valence electrons. The zero-order valence-electron chi connectivity index (χ0n) is 14.2. The summed E-state index contributed by atoms with van der Waals surface area (Å²) in [6.07, 6.45) is 6.26. The van der Waals surface area contributed by atoms with Crippen LogP contribution in [0.4, 0.5) is 10.8 Å². The van der Waals surface area contributed by atoms with E-state index in [9.17, 15) is 9.59 Å². The second-order valence-corrected chi connectivity index (χ2v) is 7.32. The molecule has 6 nitrogen and oxygen atoms in total. The Labute approximate surface area is 151 Å². The number of unbranched alkanes of at least 4 members (excludes halogenated alkanes) is 2. The lowest BCUT2D eigenvalue weighted by Gasteiger charge is -2.05. The number of amides is 2. The average molecular weight is 358 g/mol.